The fourth-order valence-corrected chi connectivity index (χ4v) is 6.17. The number of hydrogen-bond donors (Lipinski definition) is 1. The highest BCUT2D eigenvalue weighted by atomic mass is 19.1. The SMILES string of the molecule is C=CC(=O)N1CCN(c2c(C(=O)NC)c(=O)n3c4nc(c(F)cc24)c2c(F)cccc2oc2ccnc(C(C)C)c23)C[C@@H]1CC#N. The van der Waals surface area contributed by atoms with Crippen molar-refractivity contribution in [3.63, 3.8) is 0 Å². The third-order valence-corrected chi connectivity index (χ3v) is 8.23. The second kappa shape index (κ2) is 11.7. The molecule has 0 radical (unpaired) electrons. The Bertz CT molecular complexity index is 2240. The van der Waals surface area contributed by atoms with Gasteiger partial charge in [-0.1, -0.05) is 26.5 Å². The molecule has 2 bridgehead atoms. The number of nitriles is 1. The van der Waals surface area contributed by atoms with Crippen LogP contribution < -0.4 is 15.8 Å². The zero-order valence-corrected chi connectivity index (χ0v) is 25.3. The molecule has 1 aliphatic heterocycles. The summed E-state index contributed by atoms with van der Waals surface area (Å²) in [5.41, 5.74) is -0.764. The Morgan fingerprint density at radius 3 is 2.70 bits per heavy atom. The lowest BCUT2D eigenvalue weighted by atomic mass is 10.0. The topological polar surface area (TPSA) is 137 Å². The smallest absolute Gasteiger partial charge is 0.271 e. The number of halogens is 2. The molecule has 1 aromatic carbocycles. The highest BCUT2D eigenvalue weighted by molar-refractivity contribution is 6.09. The fraction of sp³-hybridized carbons (Fsp3) is 0.273. The van der Waals surface area contributed by atoms with E-state index in [0.717, 1.165) is 18.2 Å². The van der Waals surface area contributed by atoms with Crippen LogP contribution in [-0.4, -0.2) is 63.8 Å². The molecule has 0 unspecified atom stereocenters. The van der Waals surface area contributed by atoms with Crippen LogP contribution in [-0.2, 0) is 4.79 Å². The molecule has 0 saturated carbocycles. The predicted octanol–water partition coefficient (Wildman–Crippen LogP) is 4.58. The van der Waals surface area contributed by atoms with E-state index in [4.69, 9.17) is 4.42 Å². The number of rotatable bonds is 5. The van der Waals surface area contributed by atoms with Gasteiger partial charge in [0.15, 0.2) is 17.0 Å². The zero-order valence-electron chi connectivity index (χ0n) is 25.3. The summed E-state index contributed by atoms with van der Waals surface area (Å²) in [6.45, 7) is 7.61. The molecular weight excluding hydrogens is 596 g/mol. The molecule has 1 aliphatic rings. The maximum atomic E-state index is 16.3. The summed E-state index contributed by atoms with van der Waals surface area (Å²) in [7, 11) is 1.37. The van der Waals surface area contributed by atoms with Crippen molar-refractivity contribution in [1.29, 1.82) is 5.26 Å². The van der Waals surface area contributed by atoms with E-state index in [-0.39, 0.29) is 87.8 Å². The lowest BCUT2D eigenvalue weighted by Crippen LogP contribution is -2.55. The molecule has 1 N–H and O–H groups in total. The van der Waals surface area contributed by atoms with Crippen LogP contribution in [0.15, 0.2) is 58.4 Å². The van der Waals surface area contributed by atoms with Gasteiger partial charge < -0.3 is 19.5 Å². The summed E-state index contributed by atoms with van der Waals surface area (Å²) in [5.74, 6) is -3.07. The van der Waals surface area contributed by atoms with Crippen LogP contribution in [0.4, 0.5) is 14.5 Å². The Morgan fingerprint density at radius 1 is 1.22 bits per heavy atom. The minimum Gasteiger partial charge on any atom is -0.454 e. The molecule has 46 heavy (non-hydrogen) atoms. The van der Waals surface area contributed by atoms with E-state index in [0.29, 0.717) is 5.69 Å². The van der Waals surface area contributed by atoms with Crippen molar-refractivity contribution < 1.29 is 22.8 Å². The molecule has 2 amide bonds. The van der Waals surface area contributed by atoms with Gasteiger partial charge in [-0.05, 0) is 30.2 Å². The van der Waals surface area contributed by atoms with E-state index in [2.05, 4.69) is 27.9 Å². The van der Waals surface area contributed by atoms with Gasteiger partial charge in [-0.25, -0.2) is 13.8 Å². The lowest BCUT2D eigenvalue weighted by molar-refractivity contribution is -0.128. The zero-order chi connectivity index (χ0) is 32.9. The number of amides is 2. The average molecular weight is 626 g/mol. The third-order valence-electron chi connectivity index (χ3n) is 8.23. The third kappa shape index (κ3) is 4.73. The number of nitrogens with zero attached hydrogens (tertiary/aromatic N) is 6. The van der Waals surface area contributed by atoms with Gasteiger partial charge in [0, 0.05) is 44.3 Å². The van der Waals surface area contributed by atoms with E-state index in [1.165, 1.54) is 40.7 Å². The molecule has 1 fully saturated rings. The minimum atomic E-state index is -0.918. The first-order valence-electron chi connectivity index (χ1n) is 14.6. The number of carbonyl (C=O) groups excluding carboxylic acids is 2. The van der Waals surface area contributed by atoms with Crippen molar-refractivity contribution in [1.82, 2.24) is 24.6 Å². The molecule has 13 heteroatoms. The van der Waals surface area contributed by atoms with E-state index in [1.807, 2.05) is 13.8 Å². The second-order valence-corrected chi connectivity index (χ2v) is 11.2. The van der Waals surface area contributed by atoms with Gasteiger partial charge in [-0.2, -0.15) is 5.26 Å². The van der Waals surface area contributed by atoms with Crippen LogP contribution in [0.5, 0.6) is 0 Å². The molecular formula is C33H29F2N7O4. The maximum Gasteiger partial charge on any atom is 0.271 e. The number of fused-ring (bicyclic) bond motifs is 5. The number of anilines is 1. The van der Waals surface area contributed by atoms with Crippen molar-refractivity contribution in [2.75, 3.05) is 31.6 Å². The molecule has 0 aliphatic carbocycles. The summed E-state index contributed by atoms with van der Waals surface area (Å²) in [6.07, 6.45) is 2.61. The monoisotopic (exact) mass is 625 g/mol. The van der Waals surface area contributed by atoms with Crippen LogP contribution in [0.25, 0.3) is 38.6 Å². The molecule has 6 rings (SSSR count). The largest absolute Gasteiger partial charge is 0.454 e. The summed E-state index contributed by atoms with van der Waals surface area (Å²) in [4.78, 5) is 53.2. The number of piperazine rings is 1. The summed E-state index contributed by atoms with van der Waals surface area (Å²) in [5, 5.41) is 11.9. The van der Waals surface area contributed by atoms with Gasteiger partial charge in [-0.3, -0.25) is 23.8 Å². The van der Waals surface area contributed by atoms with Crippen LogP contribution >= 0.6 is 0 Å². The average Bonchev–Trinajstić information content (AvgIpc) is 3.09. The Hall–Kier alpha value is -5.64. The quantitative estimate of drug-likeness (QED) is 0.280. The van der Waals surface area contributed by atoms with Gasteiger partial charge in [0.2, 0.25) is 5.91 Å². The molecule has 11 nitrogen and oxygen atoms in total. The van der Waals surface area contributed by atoms with Crippen molar-refractivity contribution in [2.24, 2.45) is 0 Å². The minimum absolute atomic E-state index is 0.0251. The van der Waals surface area contributed by atoms with E-state index < -0.39 is 29.1 Å². The van der Waals surface area contributed by atoms with E-state index in [9.17, 15) is 19.6 Å². The highest BCUT2D eigenvalue weighted by Gasteiger charge is 2.34. The number of benzene rings is 1. The van der Waals surface area contributed by atoms with Gasteiger partial charge in [0.1, 0.15) is 28.0 Å². The number of pyridine rings is 3. The Morgan fingerprint density at radius 2 is 2.00 bits per heavy atom. The number of nitrogens with one attached hydrogen (secondary N) is 1. The van der Waals surface area contributed by atoms with Crippen molar-refractivity contribution in [3.05, 3.63) is 82.4 Å². The Labute approximate surface area is 261 Å². The van der Waals surface area contributed by atoms with Crippen LogP contribution in [0.2, 0.25) is 0 Å². The molecule has 234 valence electrons. The van der Waals surface area contributed by atoms with Crippen LogP contribution in [0, 0.1) is 23.0 Å². The molecule has 1 atom stereocenters. The van der Waals surface area contributed by atoms with Gasteiger partial charge in [-0.15, -0.1) is 0 Å². The fourth-order valence-electron chi connectivity index (χ4n) is 6.17. The maximum absolute atomic E-state index is 16.3. The summed E-state index contributed by atoms with van der Waals surface area (Å²) < 4.78 is 39.1. The predicted molar refractivity (Wildman–Crippen MR) is 168 cm³/mol. The van der Waals surface area contributed by atoms with E-state index in [1.54, 1.807) is 4.90 Å². The summed E-state index contributed by atoms with van der Waals surface area (Å²) in [6, 6.07) is 8.15. The lowest BCUT2D eigenvalue weighted by Gasteiger charge is -2.42. The molecule has 5 aromatic rings. The highest BCUT2D eigenvalue weighted by Crippen LogP contribution is 2.36. The molecule has 4 aromatic heterocycles. The second-order valence-electron chi connectivity index (χ2n) is 11.2. The first kappa shape index (κ1) is 30.4. The number of hydrogen-bond acceptors (Lipinski definition) is 8. The Balaban J connectivity index is 1.85. The molecule has 1 saturated heterocycles. The van der Waals surface area contributed by atoms with Gasteiger partial charge in [0.25, 0.3) is 11.5 Å². The van der Waals surface area contributed by atoms with Crippen molar-refractivity contribution in [3.8, 4) is 6.07 Å². The first-order chi connectivity index (χ1) is 22.1. The number of aromatic nitrogens is 3. The van der Waals surface area contributed by atoms with Crippen molar-refractivity contribution in [2.45, 2.75) is 32.2 Å². The normalized spacial score (nSPS) is 15.1. The van der Waals surface area contributed by atoms with Crippen molar-refractivity contribution >= 4 is 56.1 Å². The molecule has 0 spiro atoms. The standard InChI is InChI=1S/C33H29F2N7O4/c1-5-24(43)41-14-13-40(16-18(41)9-11-36)29-19-15-21(35)28-25-20(34)7-6-8-22(25)46-23-10-12-38-27(17(2)3)30(23)42(31(19)39-28)33(45)26(29)32(44)37-4/h5-8,10,12,15,17-18H,1,9,13-14,16H2,2-4H3,(H,37,44)/t18-/m0/s1. The molecule has 5 heterocycles. The van der Waals surface area contributed by atoms with Gasteiger partial charge in [0.05, 0.1) is 35.3 Å². The van der Waals surface area contributed by atoms with E-state index >= 15 is 8.78 Å². The van der Waals surface area contributed by atoms with Crippen LogP contribution in [0.3, 0.4) is 0 Å². The summed E-state index contributed by atoms with van der Waals surface area (Å²) >= 11 is 0. The van der Waals surface area contributed by atoms with Gasteiger partial charge >= 0.3 is 0 Å². The Kier molecular flexibility index (Phi) is 7.73. The first-order valence-corrected chi connectivity index (χ1v) is 14.6. The number of carbonyl (C=O) groups is 2. The van der Waals surface area contributed by atoms with Crippen LogP contribution in [0.1, 0.15) is 42.2 Å².